The molecule has 0 heterocycles. The molecule has 0 saturated heterocycles. The third-order valence-electron chi connectivity index (χ3n) is 1.39. The molecular weight excluding hydrogens is 224 g/mol. The lowest BCUT2D eigenvalue weighted by molar-refractivity contribution is -0.274. The molecule has 0 saturated carbocycles. The minimum Gasteiger partial charge on any atom is -0.423 e. The van der Waals surface area contributed by atoms with Crippen molar-refractivity contribution in [3.05, 3.63) is 24.3 Å². The molecule has 0 aliphatic heterocycles. The first-order chi connectivity index (χ1) is 7.38. The van der Waals surface area contributed by atoms with E-state index in [1.165, 1.54) is 12.1 Å². The van der Waals surface area contributed by atoms with Crippen LogP contribution in [0.5, 0.6) is 5.75 Å². The van der Waals surface area contributed by atoms with Crippen LogP contribution in [0.2, 0.25) is 0 Å². The van der Waals surface area contributed by atoms with E-state index in [0.29, 0.717) is 0 Å². The summed E-state index contributed by atoms with van der Waals surface area (Å²) < 4.78 is 38.8. The Morgan fingerprint density at radius 1 is 1.19 bits per heavy atom. The average Bonchev–Trinajstić information content (AvgIpc) is 2.18. The van der Waals surface area contributed by atoms with Gasteiger partial charge in [0.1, 0.15) is 5.75 Å². The Balaban J connectivity index is 0.00000106. The summed E-state index contributed by atoms with van der Waals surface area (Å²) >= 11 is 0. The zero-order valence-electron chi connectivity index (χ0n) is 8.82. The third-order valence-corrected chi connectivity index (χ3v) is 1.39. The fourth-order valence-corrected chi connectivity index (χ4v) is 0.872. The van der Waals surface area contributed by atoms with Gasteiger partial charge in [0.05, 0.1) is 0 Å². The summed E-state index contributed by atoms with van der Waals surface area (Å²) in [5, 5.41) is 17.3. The SMILES string of the molecule is CC.OB(O)c1cccc(OC(F)(F)F)c1. The molecule has 7 heteroatoms. The molecule has 0 spiro atoms. The highest BCUT2D eigenvalue weighted by Gasteiger charge is 2.31. The molecule has 90 valence electrons. The molecular formula is C9H12BF3O3. The summed E-state index contributed by atoms with van der Waals surface area (Å²) in [6, 6.07) is 4.47. The number of alkyl halides is 3. The van der Waals surface area contributed by atoms with Crippen molar-refractivity contribution in [3.8, 4) is 5.75 Å². The summed E-state index contributed by atoms with van der Waals surface area (Å²) in [6.07, 6.45) is -4.78. The summed E-state index contributed by atoms with van der Waals surface area (Å²) in [6.45, 7) is 4.00. The van der Waals surface area contributed by atoms with E-state index in [4.69, 9.17) is 10.0 Å². The second-order valence-corrected chi connectivity index (χ2v) is 2.49. The molecule has 16 heavy (non-hydrogen) atoms. The quantitative estimate of drug-likeness (QED) is 0.760. The number of rotatable bonds is 2. The van der Waals surface area contributed by atoms with Gasteiger partial charge in [-0.25, -0.2) is 0 Å². The summed E-state index contributed by atoms with van der Waals surface area (Å²) in [7, 11) is -1.81. The second kappa shape index (κ2) is 6.39. The molecule has 1 aromatic carbocycles. The monoisotopic (exact) mass is 236 g/mol. The minimum atomic E-state index is -4.78. The van der Waals surface area contributed by atoms with Crippen LogP contribution >= 0.6 is 0 Å². The molecule has 0 aromatic heterocycles. The van der Waals surface area contributed by atoms with Crippen LogP contribution < -0.4 is 10.2 Å². The molecule has 0 radical (unpaired) electrons. The predicted octanol–water partition coefficient (Wildman–Crippen LogP) is 1.29. The molecule has 0 bridgehead atoms. The van der Waals surface area contributed by atoms with E-state index >= 15 is 0 Å². The molecule has 0 aliphatic rings. The number of ether oxygens (including phenoxy) is 1. The first-order valence-electron chi connectivity index (χ1n) is 4.60. The van der Waals surface area contributed by atoms with Crippen LogP contribution in [0.1, 0.15) is 13.8 Å². The van der Waals surface area contributed by atoms with Crippen molar-refractivity contribution in [2.45, 2.75) is 20.2 Å². The van der Waals surface area contributed by atoms with Gasteiger partial charge in [-0.2, -0.15) is 0 Å². The maximum absolute atomic E-state index is 11.7. The Hall–Kier alpha value is -1.21. The molecule has 0 atom stereocenters. The van der Waals surface area contributed by atoms with Crippen LogP contribution in [0.3, 0.4) is 0 Å². The van der Waals surface area contributed by atoms with Crippen LogP contribution in [-0.4, -0.2) is 23.5 Å². The lowest BCUT2D eigenvalue weighted by Gasteiger charge is -2.09. The molecule has 0 fully saturated rings. The van der Waals surface area contributed by atoms with Crippen molar-refractivity contribution in [1.82, 2.24) is 0 Å². The highest BCUT2D eigenvalue weighted by Crippen LogP contribution is 2.21. The van der Waals surface area contributed by atoms with Crippen molar-refractivity contribution in [1.29, 1.82) is 0 Å². The van der Waals surface area contributed by atoms with Crippen molar-refractivity contribution >= 4 is 12.6 Å². The van der Waals surface area contributed by atoms with E-state index < -0.39 is 19.2 Å². The van der Waals surface area contributed by atoms with E-state index in [1.807, 2.05) is 13.8 Å². The standard InChI is InChI=1S/C7H6BF3O3.C2H6/c9-7(10,11)14-6-3-1-2-5(4-6)8(12)13;1-2/h1-4,12-13H;1-2H3. The number of halogens is 3. The highest BCUT2D eigenvalue weighted by molar-refractivity contribution is 6.58. The molecule has 2 N–H and O–H groups in total. The normalized spacial score (nSPS) is 10.2. The Morgan fingerprint density at radius 2 is 1.75 bits per heavy atom. The third kappa shape index (κ3) is 5.62. The highest BCUT2D eigenvalue weighted by atomic mass is 19.4. The van der Waals surface area contributed by atoms with Gasteiger partial charge >= 0.3 is 13.5 Å². The number of hydrogen-bond acceptors (Lipinski definition) is 3. The van der Waals surface area contributed by atoms with E-state index in [0.717, 1.165) is 12.1 Å². The maximum Gasteiger partial charge on any atom is 0.573 e. The maximum atomic E-state index is 11.7. The van der Waals surface area contributed by atoms with Crippen LogP contribution in [0.25, 0.3) is 0 Å². The second-order valence-electron chi connectivity index (χ2n) is 2.49. The van der Waals surface area contributed by atoms with E-state index in [-0.39, 0.29) is 5.46 Å². The van der Waals surface area contributed by atoms with Gasteiger partial charge in [-0.05, 0) is 17.6 Å². The Kier molecular flexibility index (Phi) is 5.91. The molecule has 0 aliphatic carbocycles. The van der Waals surface area contributed by atoms with Crippen molar-refractivity contribution < 1.29 is 28.0 Å². The van der Waals surface area contributed by atoms with Gasteiger partial charge in [0.2, 0.25) is 0 Å². The molecule has 3 nitrogen and oxygen atoms in total. The van der Waals surface area contributed by atoms with Gasteiger partial charge in [-0.1, -0.05) is 26.0 Å². The molecule has 1 rings (SSSR count). The summed E-state index contributed by atoms with van der Waals surface area (Å²) in [4.78, 5) is 0. The summed E-state index contributed by atoms with van der Waals surface area (Å²) in [5.41, 5.74) is -0.0632. The Bertz CT molecular complexity index is 315. The molecule has 1 aromatic rings. The van der Waals surface area contributed by atoms with Gasteiger partial charge < -0.3 is 14.8 Å². The zero-order valence-corrected chi connectivity index (χ0v) is 8.82. The van der Waals surface area contributed by atoms with Crippen molar-refractivity contribution in [2.75, 3.05) is 0 Å². The fraction of sp³-hybridized carbons (Fsp3) is 0.333. The first-order valence-corrected chi connectivity index (χ1v) is 4.60. The van der Waals surface area contributed by atoms with Gasteiger partial charge in [0, 0.05) is 0 Å². The molecule has 0 amide bonds. The fourth-order valence-electron chi connectivity index (χ4n) is 0.872. The van der Waals surface area contributed by atoms with E-state index in [9.17, 15) is 13.2 Å². The van der Waals surface area contributed by atoms with E-state index in [1.54, 1.807) is 0 Å². The van der Waals surface area contributed by atoms with Crippen LogP contribution in [0, 0.1) is 0 Å². The first kappa shape index (κ1) is 14.8. The van der Waals surface area contributed by atoms with Crippen molar-refractivity contribution in [3.63, 3.8) is 0 Å². The van der Waals surface area contributed by atoms with Gasteiger partial charge in [0.15, 0.2) is 0 Å². The zero-order chi connectivity index (χ0) is 12.8. The Labute approximate surface area is 91.6 Å². The average molecular weight is 236 g/mol. The topological polar surface area (TPSA) is 49.7 Å². The largest absolute Gasteiger partial charge is 0.573 e. The lowest BCUT2D eigenvalue weighted by atomic mass is 9.80. The minimum absolute atomic E-state index is 0.0632. The van der Waals surface area contributed by atoms with Crippen LogP contribution in [0.15, 0.2) is 24.3 Å². The van der Waals surface area contributed by atoms with E-state index in [2.05, 4.69) is 4.74 Å². The predicted molar refractivity (Wildman–Crippen MR) is 54.3 cm³/mol. The van der Waals surface area contributed by atoms with Gasteiger partial charge in [-0.15, -0.1) is 13.2 Å². The number of benzene rings is 1. The lowest BCUT2D eigenvalue weighted by Crippen LogP contribution is -2.30. The Morgan fingerprint density at radius 3 is 2.19 bits per heavy atom. The molecule has 0 unspecified atom stereocenters. The smallest absolute Gasteiger partial charge is 0.423 e. The van der Waals surface area contributed by atoms with Crippen LogP contribution in [-0.2, 0) is 0 Å². The van der Waals surface area contributed by atoms with Crippen molar-refractivity contribution in [2.24, 2.45) is 0 Å². The van der Waals surface area contributed by atoms with Crippen LogP contribution in [0.4, 0.5) is 13.2 Å². The van der Waals surface area contributed by atoms with Gasteiger partial charge in [0.25, 0.3) is 0 Å². The van der Waals surface area contributed by atoms with Gasteiger partial charge in [-0.3, -0.25) is 0 Å². The number of hydrogen-bond donors (Lipinski definition) is 2. The summed E-state index contributed by atoms with van der Waals surface area (Å²) in [5.74, 6) is -0.483.